The Kier molecular flexibility index (Phi) is 6.66. The van der Waals surface area contributed by atoms with Crippen molar-refractivity contribution in [1.29, 1.82) is 0 Å². The van der Waals surface area contributed by atoms with E-state index in [1.54, 1.807) is 26.2 Å². The number of hydrogen-bond donors (Lipinski definition) is 1. The number of nitrogens with one attached hydrogen (secondary N) is 1. The molecule has 2 aromatic carbocycles. The summed E-state index contributed by atoms with van der Waals surface area (Å²) in [7, 11) is -2.08. The van der Waals surface area contributed by atoms with Crippen LogP contribution in [0, 0.1) is 0 Å². The zero-order valence-corrected chi connectivity index (χ0v) is 18.7. The first-order valence-electron chi connectivity index (χ1n) is 9.84. The molecule has 0 radical (unpaired) electrons. The molecule has 0 saturated carbocycles. The van der Waals surface area contributed by atoms with Gasteiger partial charge in [-0.3, -0.25) is 9.59 Å². The van der Waals surface area contributed by atoms with Gasteiger partial charge in [0.25, 0.3) is 0 Å². The van der Waals surface area contributed by atoms with Crippen LogP contribution >= 0.6 is 0 Å². The number of sulfonamides is 1. The molecule has 2 amide bonds. The fraction of sp³-hybridized carbons (Fsp3) is 0.364. The van der Waals surface area contributed by atoms with Crippen LogP contribution in [0.25, 0.3) is 0 Å². The summed E-state index contributed by atoms with van der Waals surface area (Å²) in [6, 6.07) is 16.6. The second-order valence-electron chi connectivity index (χ2n) is 7.80. The van der Waals surface area contributed by atoms with E-state index in [9.17, 15) is 18.0 Å². The lowest BCUT2D eigenvalue weighted by atomic mass is 9.94. The van der Waals surface area contributed by atoms with Crippen molar-refractivity contribution in [2.24, 2.45) is 0 Å². The number of methoxy groups -OCH3 is 1. The van der Waals surface area contributed by atoms with Gasteiger partial charge in [-0.05, 0) is 30.2 Å². The lowest BCUT2D eigenvalue weighted by Crippen LogP contribution is -2.69. The predicted molar refractivity (Wildman–Crippen MR) is 117 cm³/mol. The van der Waals surface area contributed by atoms with Gasteiger partial charge < -0.3 is 15.0 Å². The molecule has 1 N–H and O–H groups in total. The number of benzene rings is 2. The SMILES string of the molecule is COc1ccc(CN2C(=O)CN(S(C)(=O)=O)C[C@@]2(C)C(=O)NCc2ccccc2)cc1. The molecule has 0 aliphatic carbocycles. The van der Waals surface area contributed by atoms with Gasteiger partial charge in [-0.15, -0.1) is 0 Å². The number of rotatable bonds is 7. The molecule has 0 unspecified atom stereocenters. The highest BCUT2D eigenvalue weighted by Gasteiger charge is 2.49. The standard InChI is InChI=1S/C22H27N3O5S/c1-22(21(27)23-13-17-7-5-4-6-8-17)16-24(31(3,28)29)15-20(26)25(22)14-18-9-11-19(30-2)12-10-18/h4-12H,13-16H2,1-3H3,(H,23,27)/t22-/m0/s1. The van der Waals surface area contributed by atoms with E-state index in [1.165, 1.54) is 4.90 Å². The molecule has 2 aromatic rings. The lowest BCUT2D eigenvalue weighted by Gasteiger charge is -2.46. The van der Waals surface area contributed by atoms with Crippen molar-refractivity contribution in [2.75, 3.05) is 26.5 Å². The van der Waals surface area contributed by atoms with Gasteiger partial charge in [-0.1, -0.05) is 42.5 Å². The van der Waals surface area contributed by atoms with Gasteiger partial charge in [-0.25, -0.2) is 8.42 Å². The average molecular weight is 446 g/mol. The van der Waals surface area contributed by atoms with Crippen LogP contribution in [0.15, 0.2) is 54.6 Å². The van der Waals surface area contributed by atoms with Crippen LogP contribution in [-0.2, 0) is 32.7 Å². The molecule has 3 rings (SSSR count). The highest BCUT2D eigenvalue weighted by atomic mass is 32.2. The first-order valence-corrected chi connectivity index (χ1v) is 11.7. The Labute approximate surface area is 182 Å². The van der Waals surface area contributed by atoms with Crippen molar-refractivity contribution in [3.8, 4) is 5.75 Å². The zero-order chi connectivity index (χ0) is 22.6. The molecule has 166 valence electrons. The smallest absolute Gasteiger partial charge is 0.247 e. The van der Waals surface area contributed by atoms with E-state index in [1.807, 2.05) is 42.5 Å². The average Bonchev–Trinajstić information content (AvgIpc) is 2.75. The van der Waals surface area contributed by atoms with Crippen LogP contribution in [0.1, 0.15) is 18.1 Å². The first-order chi connectivity index (χ1) is 14.6. The van der Waals surface area contributed by atoms with Crippen LogP contribution < -0.4 is 10.1 Å². The lowest BCUT2D eigenvalue weighted by molar-refractivity contribution is -0.153. The summed E-state index contributed by atoms with van der Waals surface area (Å²) in [6.45, 7) is 1.64. The van der Waals surface area contributed by atoms with Crippen LogP contribution in [0.2, 0.25) is 0 Å². The van der Waals surface area contributed by atoms with Crippen molar-refractivity contribution in [2.45, 2.75) is 25.6 Å². The minimum absolute atomic E-state index is 0.117. The fourth-order valence-electron chi connectivity index (χ4n) is 3.57. The van der Waals surface area contributed by atoms with Gasteiger partial charge in [0.2, 0.25) is 21.8 Å². The highest BCUT2D eigenvalue weighted by molar-refractivity contribution is 7.88. The number of ether oxygens (including phenoxy) is 1. The van der Waals surface area contributed by atoms with Gasteiger partial charge in [0.1, 0.15) is 11.3 Å². The summed E-state index contributed by atoms with van der Waals surface area (Å²) >= 11 is 0. The zero-order valence-electron chi connectivity index (χ0n) is 17.9. The highest BCUT2D eigenvalue weighted by Crippen LogP contribution is 2.27. The van der Waals surface area contributed by atoms with E-state index in [0.29, 0.717) is 5.75 Å². The Bertz CT molecular complexity index is 1040. The summed E-state index contributed by atoms with van der Waals surface area (Å²) in [5, 5.41) is 2.86. The van der Waals surface area contributed by atoms with E-state index >= 15 is 0 Å². The Morgan fingerprint density at radius 3 is 2.32 bits per heavy atom. The summed E-state index contributed by atoms with van der Waals surface area (Å²) in [5.74, 6) is -0.156. The molecule has 1 aliphatic rings. The third kappa shape index (κ3) is 5.23. The van der Waals surface area contributed by atoms with E-state index in [-0.39, 0.29) is 26.2 Å². The quantitative estimate of drug-likeness (QED) is 0.695. The van der Waals surface area contributed by atoms with Crippen molar-refractivity contribution in [3.63, 3.8) is 0 Å². The van der Waals surface area contributed by atoms with E-state index in [4.69, 9.17) is 4.74 Å². The molecular formula is C22H27N3O5S. The molecule has 1 saturated heterocycles. The van der Waals surface area contributed by atoms with Crippen LogP contribution in [0.3, 0.4) is 0 Å². The van der Waals surface area contributed by atoms with Crippen molar-refractivity contribution in [3.05, 3.63) is 65.7 Å². The molecule has 8 nitrogen and oxygen atoms in total. The normalized spacial score (nSPS) is 19.8. The summed E-state index contributed by atoms with van der Waals surface area (Å²) in [4.78, 5) is 27.7. The Balaban J connectivity index is 1.87. The van der Waals surface area contributed by atoms with Crippen molar-refractivity contribution in [1.82, 2.24) is 14.5 Å². The minimum atomic E-state index is -3.65. The minimum Gasteiger partial charge on any atom is -0.497 e. The van der Waals surface area contributed by atoms with E-state index in [0.717, 1.165) is 21.7 Å². The topological polar surface area (TPSA) is 96.0 Å². The molecule has 1 heterocycles. The first kappa shape index (κ1) is 22.8. The largest absolute Gasteiger partial charge is 0.497 e. The number of nitrogens with zero attached hydrogens (tertiary/aromatic N) is 2. The van der Waals surface area contributed by atoms with Gasteiger partial charge in [0, 0.05) is 19.6 Å². The monoisotopic (exact) mass is 445 g/mol. The second kappa shape index (κ2) is 9.07. The Morgan fingerprint density at radius 1 is 1.10 bits per heavy atom. The second-order valence-corrected chi connectivity index (χ2v) is 9.78. The third-order valence-electron chi connectivity index (χ3n) is 5.45. The molecule has 1 aliphatic heterocycles. The maximum Gasteiger partial charge on any atom is 0.247 e. The van der Waals surface area contributed by atoms with Gasteiger partial charge in [-0.2, -0.15) is 4.31 Å². The molecule has 1 atom stereocenters. The van der Waals surface area contributed by atoms with Gasteiger partial charge in [0.05, 0.1) is 19.9 Å². The van der Waals surface area contributed by atoms with Crippen LogP contribution in [-0.4, -0.2) is 61.4 Å². The van der Waals surface area contributed by atoms with Crippen molar-refractivity contribution < 1.29 is 22.7 Å². The number of carbonyl (C=O) groups is 2. The molecule has 0 aromatic heterocycles. The van der Waals surface area contributed by atoms with E-state index < -0.39 is 27.4 Å². The molecule has 1 fully saturated rings. The molecule has 0 bridgehead atoms. The molecule has 0 spiro atoms. The number of piperazine rings is 1. The third-order valence-corrected chi connectivity index (χ3v) is 6.64. The number of hydrogen-bond acceptors (Lipinski definition) is 5. The summed E-state index contributed by atoms with van der Waals surface area (Å²) in [6.07, 6.45) is 1.04. The van der Waals surface area contributed by atoms with Gasteiger partial charge in [0.15, 0.2) is 0 Å². The van der Waals surface area contributed by atoms with Crippen LogP contribution in [0.4, 0.5) is 0 Å². The Morgan fingerprint density at radius 2 is 1.74 bits per heavy atom. The van der Waals surface area contributed by atoms with Crippen molar-refractivity contribution >= 4 is 21.8 Å². The van der Waals surface area contributed by atoms with Gasteiger partial charge >= 0.3 is 0 Å². The van der Waals surface area contributed by atoms with Crippen LogP contribution in [0.5, 0.6) is 5.75 Å². The maximum absolute atomic E-state index is 13.3. The maximum atomic E-state index is 13.3. The molecule has 31 heavy (non-hydrogen) atoms. The summed E-state index contributed by atoms with van der Waals surface area (Å²) < 4.78 is 30.6. The fourth-order valence-corrected chi connectivity index (χ4v) is 4.40. The molecule has 9 heteroatoms. The predicted octanol–water partition coefficient (Wildman–Crippen LogP) is 1.37. The van der Waals surface area contributed by atoms with E-state index in [2.05, 4.69) is 5.32 Å². The Hall–Kier alpha value is -2.91. The molecular weight excluding hydrogens is 418 g/mol. The number of carbonyl (C=O) groups excluding carboxylic acids is 2. The number of amides is 2. The summed E-state index contributed by atoms with van der Waals surface area (Å²) in [5.41, 5.74) is 0.347.